The maximum absolute atomic E-state index is 12.3. The van der Waals surface area contributed by atoms with Gasteiger partial charge in [-0.25, -0.2) is 0 Å². The van der Waals surface area contributed by atoms with Crippen LogP contribution in [0, 0.1) is 0 Å². The van der Waals surface area contributed by atoms with Crippen LogP contribution in [0.2, 0.25) is 0 Å². The van der Waals surface area contributed by atoms with E-state index in [0.717, 1.165) is 11.3 Å². The van der Waals surface area contributed by atoms with E-state index in [1.165, 1.54) is 4.80 Å². The summed E-state index contributed by atoms with van der Waals surface area (Å²) in [5.41, 5.74) is 1.84. The zero-order valence-electron chi connectivity index (χ0n) is 13.4. The third-order valence-electron chi connectivity index (χ3n) is 3.62. The summed E-state index contributed by atoms with van der Waals surface area (Å²) < 4.78 is 0. The van der Waals surface area contributed by atoms with E-state index in [9.17, 15) is 4.79 Å². The minimum Gasteiger partial charge on any atom is -0.344 e. The summed E-state index contributed by atoms with van der Waals surface area (Å²) in [5.74, 6) is 0.447. The second-order valence-corrected chi connectivity index (χ2v) is 5.40. The molecule has 0 fully saturated rings. The van der Waals surface area contributed by atoms with Gasteiger partial charge in [-0.2, -0.15) is 4.80 Å². The van der Waals surface area contributed by atoms with Gasteiger partial charge in [0.1, 0.15) is 6.54 Å². The summed E-state index contributed by atoms with van der Waals surface area (Å²) in [6, 6.07) is 15.3. The van der Waals surface area contributed by atoms with Crippen molar-refractivity contribution in [3.63, 3.8) is 0 Å². The highest BCUT2D eigenvalue weighted by atomic mass is 16.2. The van der Waals surface area contributed by atoms with Crippen LogP contribution in [0.4, 0.5) is 0 Å². The maximum atomic E-state index is 12.3. The van der Waals surface area contributed by atoms with E-state index in [1.54, 1.807) is 18.1 Å². The lowest BCUT2D eigenvalue weighted by Crippen LogP contribution is -2.32. The Morgan fingerprint density at radius 3 is 2.67 bits per heavy atom. The van der Waals surface area contributed by atoms with Crippen LogP contribution in [0.25, 0.3) is 11.4 Å². The fraction of sp³-hybridized carbons (Fsp3) is 0.235. The number of likely N-dealkylation sites (N-methyl/N-ethyl adjacent to an activating group) is 1. The molecule has 24 heavy (non-hydrogen) atoms. The zero-order valence-corrected chi connectivity index (χ0v) is 13.4. The van der Waals surface area contributed by atoms with Crippen LogP contribution in [0.3, 0.4) is 0 Å². The second kappa shape index (κ2) is 7.45. The van der Waals surface area contributed by atoms with Crippen molar-refractivity contribution in [2.45, 2.75) is 13.0 Å². The quantitative estimate of drug-likeness (QED) is 0.686. The molecule has 3 rings (SSSR count). The van der Waals surface area contributed by atoms with Crippen molar-refractivity contribution >= 4 is 5.91 Å². The topological polar surface area (TPSA) is 76.8 Å². The minimum absolute atomic E-state index is 0.0667. The van der Waals surface area contributed by atoms with Gasteiger partial charge in [0, 0.05) is 37.5 Å². The zero-order chi connectivity index (χ0) is 16.8. The van der Waals surface area contributed by atoms with Crippen LogP contribution in [-0.4, -0.2) is 49.6 Å². The summed E-state index contributed by atoms with van der Waals surface area (Å²) in [7, 11) is 1.76. The lowest BCUT2D eigenvalue weighted by Gasteiger charge is -2.16. The number of hydrogen-bond donors (Lipinski definition) is 0. The molecule has 1 aromatic carbocycles. The monoisotopic (exact) mass is 322 g/mol. The third kappa shape index (κ3) is 4.01. The molecule has 0 bridgehead atoms. The first kappa shape index (κ1) is 15.8. The van der Waals surface area contributed by atoms with Gasteiger partial charge in [-0.3, -0.25) is 9.78 Å². The van der Waals surface area contributed by atoms with E-state index in [-0.39, 0.29) is 12.5 Å². The molecule has 0 aliphatic carbocycles. The van der Waals surface area contributed by atoms with Crippen LogP contribution < -0.4 is 0 Å². The van der Waals surface area contributed by atoms with Crippen LogP contribution in [0.15, 0.2) is 54.7 Å². The van der Waals surface area contributed by atoms with Gasteiger partial charge in [0.2, 0.25) is 11.7 Å². The Morgan fingerprint density at radius 1 is 1.12 bits per heavy atom. The van der Waals surface area contributed by atoms with Crippen LogP contribution in [0.5, 0.6) is 0 Å². The van der Waals surface area contributed by atoms with E-state index >= 15 is 0 Å². The third-order valence-corrected chi connectivity index (χ3v) is 3.62. The molecular weight excluding hydrogens is 304 g/mol. The molecular formula is C17H18N6O. The molecule has 0 N–H and O–H groups in total. The first-order chi connectivity index (χ1) is 11.7. The Morgan fingerprint density at radius 2 is 1.92 bits per heavy atom. The van der Waals surface area contributed by atoms with Gasteiger partial charge in [-0.15, -0.1) is 10.2 Å². The fourth-order valence-electron chi connectivity index (χ4n) is 2.21. The number of tetrazole rings is 1. The van der Waals surface area contributed by atoms with Gasteiger partial charge in [0.25, 0.3) is 0 Å². The average molecular weight is 322 g/mol. The fourth-order valence-corrected chi connectivity index (χ4v) is 2.21. The first-order valence-electron chi connectivity index (χ1n) is 7.69. The SMILES string of the molecule is CN(CCc1ccccn1)C(=O)Cn1nnc(-c2ccccc2)n1. The molecule has 7 nitrogen and oxygen atoms in total. The van der Waals surface area contributed by atoms with Gasteiger partial charge in [-0.1, -0.05) is 36.4 Å². The Labute approximate surface area is 139 Å². The van der Waals surface area contributed by atoms with Gasteiger partial charge in [0.15, 0.2) is 0 Å². The molecule has 0 atom stereocenters. The highest BCUT2D eigenvalue weighted by Crippen LogP contribution is 2.11. The number of carbonyl (C=O) groups excluding carboxylic acids is 1. The molecule has 2 heterocycles. The molecule has 1 amide bonds. The van der Waals surface area contributed by atoms with E-state index in [4.69, 9.17) is 0 Å². The van der Waals surface area contributed by atoms with Gasteiger partial charge >= 0.3 is 0 Å². The summed E-state index contributed by atoms with van der Waals surface area (Å²) in [6.07, 6.45) is 2.46. The van der Waals surface area contributed by atoms with Crippen molar-refractivity contribution in [1.82, 2.24) is 30.1 Å². The molecule has 0 unspecified atom stereocenters. The molecule has 0 aliphatic heterocycles. The normalized spacial score (nSPS) is 10.5. The number of amides is 1. The number of benzene rings is 1. The minimum atomic E-state index is -0.0667. The average Bonchev–Trinajstić information content (AvgIpc) is 3.10. The molecule has 7 heteroatoms. The molecule has 0 saturated heterocycles. The second-order valence-electron chi connectivity index (χ2n) is 5.40. The van der Waals surface area contributed by atoms with Crippen LogP contribution >= 0.6 is 0 Å². The van der Waals surface area contributed by atoms with Crippen LogP contribution in [-0.2, 0) is 17.8 Å². The van der Waals surface area contributed by atoms with E-state index in [2.05, 4.69) is 20.4 Å². The van der Waals surface area contributed by atoms with Crippen molar-refractivity contribution in [3.05, 3.63) is 60.4 Å². The standard InChI is InChI=1S/C17H18N6O/c1-22(12-10-15-9-5-6-11-18-15)16(24)13-23-20-17(19-21-23)14-7-3-2-4-8-14/h2-9,11H,10,12-13H2,1H3. The summed E-state index contributed by atoms with van der Waals surface area (Å²) in [6.45, 7) is 0.661. The first-order valence-corrected chi connectivity index (χ1v) is 7.69. The summed E-state index contributed by atoms with van der Waals surface area (Å²) >= 11 is 0. The number of carbonyl (C=O) groups is 1. The molecule has 0 saturated carbocycles. The van der Waals surface area contributed by atoms with Crippen molar-refractivity contribution in [3.8, 4) is 11.4 Å². The molecule has 0 aliphatic rings. The molecule has 122 valence electrons. The predicted octanol–water partition coefficient (Wildman–Crippen LogP) is 1.44. The highest BCUT2D eigenvalue weighted by Gasteiger charge is 2.13. The van der Waals surface area contributed by atoms with E-state index in [1.807, 2.05) is 48.5 Å². The van der Waals surface area contributed by atoms with Crippen molar-refractivity contribution < 1.29 is 4.79 Å². The van der Waals surface area contributed by atoms with Gasteiger partial charge in [0.05, 0.1) is 0 Å². The number of rotatable bonds is 6. The Balaban J connectivity index is 1.55. The molecule has 0 radical (unpaired) electrons. The number of nitrogens with zero attached hydrogens (tertiary/aromatic N) is 6. The number of pyridine rings is 1. The van der Waals surface area contributed by atoms with Crippen molar-refractivity contribution in [2.75, 3.05) is 13.6 Å². The lowest BCUT2D eigenvalue weighted by molar-refractivity contribution is -0.130. The predicted molar refractivity (Wildman–Crippen MR) is 88.8 cm³/mol. The van der Waals surface area contributed by atoms with E-state index in [0.29, 0.717) is 18.8 Å². The Kier molecular flexibility index (Phi) is 4.90. The summed E-state index contributed by atoms with van der Waals surface area (Å²) in [5, 5.41) is 12.2. The molecule has 2 aromatic heterocycles. The molecule has 0 spiro atoms. The largest absolute Gasteiger partial charge is 0.344 e. The lowest BCUT2D eigenvalue weighted by atomic mass is 10.2. The summed E-state index contributed by atoms with van der Waals surface area (Å²) in [4.78, 5) is 19.5. The smallest absolute Gasteiger partial charge is 0.246 e. The van der Waals surface area contributed by atoms with Gasteiger partial charge in [-0.05, 0) is 17.3 Å². The number of aromatic nitrogens is 5. The highest BCUT2D eigenvalue weighted by molar-refractivity contribution is 5.75. The number of hydrogen-bond acceptors (Lipinski definition) is 5. The molecule has 3 aromatic rings. The van der Waals surface area contributed by atoms with Gasteiger partial charge < -0.3 is 4.90 Å². The van der Waals surface area contributed by atoms with Crippen LogP contribution in [0.1, 0.15) is 5.69 Å². The van der Waals surface area contributed by atoms with Crippen molar-refractivity contribution in [2.24, 2.45) is 0 Å². The Bertz CT molecular complexity index is 787. The van der Waals surface area contributed by atoms with E-state index < -0.39 is 0 Å². The van der Waals surface area contributed by atoms with Crippen molar-refractivity contribution in [1.29, 1.82) is 0 Å². The Hall–Kier alpha value is -3.09. The maximum Gasteiger partial charge on any atom is 0.246 e.